The smallest absolute Gasteiger partial charge is 0.335 e. The van der Waals surface area contributed by atoms with Crippen molar-refractivity contribution < 1.29 is 9.90 Å². The van der Waals surface area contributed by atoms with E-state index in [2.05, 4.69) is 20.1 Å². The summed E-state index contributed by atoms with van der Waals surface area (Å²) >= 11 is 0. The van der Waals surface area contributed by atoms with Crippen molar-refractivity contribution >= 4 is 5.97 Å². The van der Waals surface area contributed by atoms with Gasteiger partial charge in [-0.05, 0) is 25.8 Å². The third-order valence-corrected chi connectivity index (χ3v) is 2.19. The van der Waals surface area contributed by atoms with Gasteiger partial charge in [0.1, 0.15) is 0 Å². The average molecular weight is 258 g/mol. The largest absolute Gasteiger partial charge is 0.478 e. The number of carbonyl (C=O) groups is 1. The molecular formula is C17H22O2. The molecule has 0 aliphatic rings. The lowest BCUT2D eigenvalue weighted by Crippen LogP contribution is -1.97. The topological polar surface area (TPSA) is 37.3 Å². The van der Waals surface area contributed by atoms with Crippen LogP contribution in [-0.2, 0) is 4.79 Å². The fraction of sp³-hybridized carbons (Fsp3) is 0.235. The molecule has 0 aliphatic carbocycles. The van der Waals surface area contributed by atoms with Gasteiger partial charge in [-0.1, -0.05) is 67.7 Å². The van der Waals surface area contributed by atoms with Gasteiger partial charge >= 0.3 is 5.97 Å². The molecule has 0 saturated carbocycles. The number of hydrogen-bond acceptors (Lipinski definition) is 1. The maximum Gasteiger partial charge on any atom is 0.335 e. The first-order chi connectivity index (χ1) is 8.97. The van der Waals surface area contributed by atoms with Gasteiger partial charge in [-0.3, -0.25) is 0 Å². The Kier molecular flexibility index (Phi) is 8.80. The molecule has 0 rings (SSSR count). The van der Waals surface area contributed by atoms with Crippen molar-refractivity contribution in [3.8, 4) is 0 Å². The van der Waals surface area contributed by atoms with Crippen molar-refractivity contribution in [3.05, 3.63) is 72.4 Å². The number of carboxylic acid groups (broad SMARTS) is 1. The summed E-state index contributed by atoms with van der Waals surface area (Å²) < 4.78 is 0. The molecule has 0 heterocycles. The predicted molar refractivity (Wildman–Crippen MR) is 82.0 cm³/mol. The Morgan fingerprint density at radius 2 is 1.84 bits per heavy atom. The van der Waals surface area contributed by atoms with Crippen LogP contribution in [0, 0.1) is 0 Å². The predicted octanol–water partition coefficient (Wildman–Crippen LogP) is 4.60. The van der Waals surface area contributed by atoms with Gasteiger partial charge in [0.25, 0.3) is 0 Å². The SMILES string of the molecule is C=C(C)/C=C\C(=C\CC(=C)/C=C\C=C/CC)C(=O)O. The first kappa shape index (κ1) is 16.9. The third-order valence-electron chi connectivity index (χ3n) is 2.19. The molecule has 0 aromatic heterocycles. The number of rotatable bonds is 8. The standard InChI is InChI=1S/C17H22O2/c1-5-6-7-8-9-15(4)11-13-16(17(18)19)12-10-14(2)3/h6-10,12-13H,2,4-5,11H2,1,3H3,(H,18,19)/b7-6-,9-8-,12-10-,16-13-. The van der Waals surface area contributed by atoms with Gasteiger partial charge in [0.15, 0.2) is 0 Å². The van der Waals surface area contributed by atoms with Crippen molar-refractivity contribution in [1.82, 2.24) is 0 Å². The molecule has 2 heteroatoms. The highest BCUT2D eigenvalue weighted by Gasteiger charge is 2.01. The monoisotopic (exact) mass is 258 g/mol. The summed E-state index contributed by atoms with van der Waals surface area (Å²) in [6.45, 7) is 11.5. The van der Waals surface area contributed by atoms with Crippen LogP contribution in [0.2, 0.25) is 0 Å². The van der Waals surface area contributed by atoms with Gasteiger partial charge < -0.3 is 5.11 Å². The molecule has 0 unspecified atom stereocenters. The van der Waals surface area contributed by atoms with Crippen LogP contribution in [0.25, 0.3) is 0 Å². The molecule has 0 spiro atoms. The van der Waals surface area contributed by atoms with E-state index in [4.69, 9.17) is 5.11 Å². The quantitative estimate of drug-likeness (QED) is 0.510. The minimum atomic E-state index is -0.944. The van der Waals surface area contributed by atoms with Gasteiger partial charge in [-0.15, -0.1) is 0 Å². The van der Waals surface area contributed by atoms with Crippen LogP contribution in [-0.4, -0.2) is 11.1 Å². The molecule has 19 heavy (non-hydrogen) atoms. The summed E-state index contributed by atoms with van der Waals surface area (Å²) in [5.74, 6) is -0.944. The summed E-state index contributed by atoms with van der Waals surface area (Å²) in [5, 5.41) is 9.04. The van der Waals surface area contributed by atoms with Gasteiger partial charge in [0, 0.05) is 0 Å². The molecule has 102 valence electrons. The van der Waals surface area contributed by atoms with Gasteiger partial charge in [-0.25, -0.2) is 4.79 Å². The van der Waals surface area contributed by atoms with Crippen LogP contribution < -0.4 is 0 Å². The highest BCUT2D eigenvalue weighted by Crippen LogP contribution is 2.08. The molecule has 2 nitrogen and oxygen atoms in total. The van der Waals surface area contributed by atoms with Crippen LogP contribution in [0.3, 0.4) is 0 Å². The first-order valence-corrected chi connectivity index (χ1v) is 6.25. The number of hydrogen-bond donors (Lipinski definition) is 1. The van der Waals surface area contributed by atoms with Crippen molar-refractivity contribution in [1.29, 1.82) is 0 Å². The van der Waals surface area contributed by atoms with Crippen molar-refractivity contribution in [2.24, 2.45) is 0 Å². The molecule has 0 radical (unpaired) electrons. The molecule has 0 aromatic carbocycles. The minimum absolute atomic E-state index is 0.252. The van der Waals surface area contributed by atoms with Gasteiger partial charge in [-0.2, -0.15) is 0 Å². The normalized spacial score (nSPS) is 12.6. The van der Waals surface area contributed by atoms with Crippen LogP contribution in [0.4, 0.5) is 0 Å². The Morgan fingerprint density at radius 3 is 2.37 bits per heavy atom. The maximum atomic E-state index is 11.0. The zero-order valence-electron chi connectivity index (χ0n) is 11.7. The third kappa shape index (κ3) is 9.60. The van der Waals surface area contributed by atoms with Crippen LogP contribution in [0.15, 0.2) is 72.4 Å². The average Bonchev–Trinajstić information content (AvgIpc) is 2.33. The second kappa shape index (κ2) is 9.89. The molecule has 0 aliphatic heterocycles. The van der Waals surface area contributed by atoms with E-state index in [-0.39, 0.29) is 5.57 Å². The number of allylic oxidation sites excluding steroid dienone is 8. The molecule has 0 saturated heterocycles. The minimum Gasteiger partial charge on any atom is -0.478 e. The van der Waals surface area contributed by atoms with E-state index in [9.17, 15) is 4.79 Å². The van der Waals surface area contributed by atoms with Gasteiger partial charge in [0.05, 0.1) is 5.57 Å². The Hall–Kier alpha value is -2.09. The van der Waals surface area contributed by atoms with Crippen LogP contribution >= 0.6 is 0 Å². The van der Waals surface area contributed by atoms with E-state index >= 15 is 0 Å². The summed E-state index contributed by atoms with van der Waals surface area (Å²) in [6, 6.07) is 0. The highest BCUT2D eigenvalue weighted by molar-refractivity contribution is 5.89. The highest BCUT2D eigenvalue weighted by atomic mass is 16.4. The van der Waals surface area contributed by atoms with Crippen LogP contribution in [0.5, 0.6) is 0 Å². The zero-order valence-corrected chi connectivity index (χ0v) is 11.7. The Morgan fingerprint density at radius 1 is 1.16 bits per heavy atom. The molecular weight excluding hydrogens is 236 g/mol. The summed E-state index contributed by atoms with van der Waals surface area (Å²) in [7, 11) is 0. The van der Waals surface area contributed by atoms with Crippen LogP contribution in [0.1, 0.15) is 26.7 Å². The van der Waals surface area contributed by atoms with Crippen molar-refractivity contribution in [3.63, 3.8) is 0 Å². The number of carboxylic acids is 1. The number of aliphatic carboxylic acids is 1. The Labute approximate surface area is 115 Å². The maximum absolute atomic E-state index is 11.0. The van der Waals surface area contributed by atoms with E-state index in [1.165, 1.54) is 0 Å². The Bertz CT molecular complexity index is 446. The second-order valence-electron chi connectivity index (χ2n) is 4.20. The molecule has 1 N–H and O–H groups in total. The van der Waals surface area contributed by atoms with Crippen molar-refractivity contribution in [2.75, 3.05) is 0 Å². The first-order valence-electron chi connectivity index (χ1n) is 6.25. The lowest BCUT2D eigenvalue weighted by Gasteiger charge is -1.97. The molecule has 0 aromatic rings. The summed E-state index contributed by atoms with van der Waals surface area (Å²) in [6.07, 6.45) is 14.2. The van der Waals surface area contributed by atoms with E-state index in [0.717, 1.165) is 17.6 Å². The lowest BCUT2D eigenvalue weighted by molar-refractivity contribution is -0.132. The summed E-state index contributed by atoms with van der Waals surface area (Å²) in [4.78, 5) is 11.0. The van der Waals surface area contributed by atoms with Gasteiger partial charge in [0.2, 0.25) is 0 Å². The van der Waals surface area contributed by atoms with E-state index in [0.29, 0.717) is 6.42 Å². The second-order valence-corrected chi connectivity index (χ2v) is 4.20. The zero-order chi connectivity index (χ0) is 14.7. The summed E-state index contributed by atoms with van der Waals surface area (Å²) in [5.41, 5.74) is 1.93. The van der Waals surface area contributed by atoms with E-state index in [1.807, 2.05) is 31.2 Å². The molecule has 0 bridgehead atoms. The van der Waals surface area contributed by atoms with Crippen molar-refractivity contribution in [2.45, 2.75) is 26.7 Å². The van der Waals surface area contributed by atoms with E-state index in [1.54, 1.807) is 18.2 Å². The van der Waals surface area contributed by atoms with E-state index < -0.39 is 5.97 Å². The lowest BCUT2D eigenvalue weighted by atomic mass is 10.1. The fourth-order valence-corrected chi connectivity index (χ4v) is 1.17. The Balaban J connectivity index is 4.59. The molecule has 0 amide bonds. The molecule has 0 fully saturated rings. The molecule has 0 atom stereocenters. The fourth-order valence-electron chi connectivity index (χ4n) is 1.17.